The van der Waals surface area contributed by atoms with Gasteiger partial charge in [0.05, 0.1) is 12.7 Å². The van der Waals surface area contributed by atoms with E-state index in [0.717, 1.165) is 38.1 Å². The van der Waals surface area contributed by atoms with Gasteiger partial charge < -0.3 is 9.64 Å². The third-order valence-corrected chi connectivity index (χ3v) is 3.99. The normalized spacial score (nSPS) is 21.3. The molecular formula is C17H36N2O. The van der Waals surface area contributed by atoms with Crippen molar-refractivity contribution in [3.8, 4) is 0 Å². The lowest BCUT2D eigenvalue weighted by Gasteiger charge is -2.34. The molecule has 1 rings (SSSR count). The highest BCUT2D eigenvalue weighted by Crippen LogP contribution is 2.12. The molecule has 0 radical (unpaired) electrons. The summed E-state index contributed by atoms with van der Waals surface area (Å²) in [6, 6.07) is 0. The average molecular weight is 284 g/mol. The Morgan fingerprint density at radius 2 is 1.95 bits per heavy atom. The Morgan fingerprint density at radius 1 is 1.20 bits per heavy atom. The zero-order chi connectivity index (χ0) is 15.0. The van der Waals surface area contributed by atoms with Crippen molar-refractivity contribution in [3.63, 3.8) is 0 Å². The van der Waals surface area contributed by atoms with Crippen molar-refractivity contribution < 1.29 is 4.74 Å². The zero-order valence-electron chi connectivity index (χ0n) is 14.4. The Hall–Kier alpha value is -0.120. The minimum atomic E-state index is 0.442. The second kappa shape index (κ2) is 9.75. The van der Waals surface area contributed by atoms with Gasteiger partial charge in [0, 0.05) is 26.2 Å². The molecule has 0 aromatic heterocycles. The molecule has 0 aromatic carbocycles. The quantitative estimate of drug-likeness (QED) is 0.647. The second-order valence-corrected chi connectivity index (χ2v) is 7.27. The summed E-state index contributed by atoms with van der Waals surface area (Å²) in [6.07, 6.45) is 4.29. The van der Waals surface area contributed by atoms with Gasteiger partial charge in [0.1, 0.15) is 0 Å². The zero-order valence-corrected chi connectivity index (χ0v) is 14.4. The molecule has 0 spiro atoms. The first-order valence-electron chi connectivity index (χ1n) is 8.50. The van der Waals surface area contributed by atoms with E-state index in [9.17, 15) is 0 Å². The van der Waals surface area contributed by atoms with E-state index in [1.165, 1.54) is 32.4 Å². The van der Waals surface area contributed by atoms with Gasteiger partial charge in [-0.1, -0.05) is 27.7 Å². The first kappa shape index (κ1) is 17.9. The maximum absolute atomic E-state index is 5.92. The molecule has 1 heterocycles. The standard InChI is InChI=1S/C17H36N2O/c1-15(2)7-6-9-19-11-12-20-17(14-19)8-10-18(5)13-16(3)4/h15-17H,6-14H2,1-5H3/t17-/m0/s1. The van der Waals surface area contributed by atoms with Gasteiger partial charge in [-0.25, -0.2) is 0 Å². The van der Waals surface area contributed by atoms with Crippen molar-refractivity contribution >= 4 is 0 Å². The molecule has 1 fully saturated rings. The molecule has 0 amide bonds. The van der Waals surface area contributed by atoms with Crippen molar-refractivity contribution in [2.45, 2.75) is 53.1 Å². The van der Waals surface area contributed by atoms with Gasteiger partial charge in [-0.3, -0.25) is 4.90 Å². The van der Waals surface area contributed by atoms with E-state index >= 15 is 0 Å². The van der Waals surface area contributed by atoms with E-state index in [1.54, 1.807) is 0 Å². The first-order valence-corrected chi connectivity index (χ1v) is 8.50. The summed E-state index contributed by atoms with van der Waals surface area (Å²) in [5.41, 5.74) is 0. The monoisotopic (exact) mass is 284 g/mol. The Morgan fingerprint density at radius 3 is 2.60 bits per heavy atom. The lowest BCUT2D eigenvalue weighted by molar-refractivity contribution is -0.0355. The van der Waals surface area contributed by atoms with Crippen LogP contribution in [0.25, 0.3) is 0 Å². The van der Waals surface area contributed by atoms with Gasteiger partial charge >= 0.3 is 0 Å². The average Bonchev–Trinajstić information content (AvgIpc) is 2.36. The van der Waals surface area contributed by atoms with E-state index in [0.29, 0.717) is 6.10 Å². The van der Waals surface area contributed by atoms with Crippen molar-refractivity contribution in [1.82, 2.24) is 9.80 Å². The molecular weight excluding hydrogens is 248 g/mol. The van der Waals surface area contributed by atoms with Gasteiger partial charge in [-0.15, -0.1) is 0 Å². The number of hydrogen-bond acceptors (Lipinski definition) is 3. The molecule has 20 heavy (non-hydrogen) atoms. The molecule has 0 unspecified atom stereocenters. The SMILES string of the molecule is CC(C)CCCN1CCO[C@@H](CCN(C)CC(C)C)C1. The Bertz CT molecular complexity index is 243. The van der Waals surface area contributed by atoms with Crippen molar-refractivity contribution in [1.29, 1.82) is 0 Å². The summed E-state index contributed by atoms with van der Waals surface area (Å²) in [6.45, 7) is 15.9. The predicted octanol–water partition coefficient (Wildman–Crippen LogP) is 3.10. The Kier molecular flexibility index (Phi) is 8.74. The fourth-order valence-electron chi connectivity index (χ4n) is 2.96. The fraction of sp³-hybridized carbons (Fsp3) is 1.00. The largest absolute Gasteiger partial charge is 0.376 e. The van der Waals surface area contributed by atoms with Gasteiger partial charge in [0.25, 0.3) is 0 Å². The molecule has 0 aromatic rings. The summed E-state index contributed by atoms with van der Waals surface area (Å²) in [4.78, 5) is 5.03. The second-order valence-electron chi connectivity index (χ2n) is 7.27. The highest BCUT2D eigenvalue weighted by Gasteiger charge is 2.20. The third-order valence-electron chi connectivity index (χ3n) is 3.99. The number of hydrogen-bond donors (Lipinski definition) is 0. The number of morpholine rings is 1. The lowest BCUT2D eigenvalue weighted by atomic mass is 10.1. The number of rotatable bonds is 9. The van der Waals surface area contributed by atoms with Crippen LogP contribution in [-0.2, 0) is 4.74 Å². The van der Waals surface area contributed by atoms with Gasteiger partial charge in [-0.2, -0.15) is 0 Å². The molecule has 0 N–H and O–H groups in total. The van der Waals surface area contributed by atoms with Crippen LogP contribution < -0.4 is 0 Å². The van der Waals surface area contributed by atoms with Crippen LogP contribution in [0.1, 0.15) is 47.0 Å². The van der Waals surface area contributed by atoms with Crippen molar-refractivity contribution in [3.05, 3.63) is 0 Å². The third kappa shape index (κ3) is 8.23. The molecule has 3 heteroatoms. The molecule has 1 aliphatic heterocycles. The topological polar surface area (TPSA) is 15.7 Å². The van der Waals surface area contributed by atoms with Gasteiger partial charge in [0.2, 0.25) is 0 Å². The maximum Gasteiger partial charge on any atom is 0.0714 e. The summed E-state index contributed by atoms with van der Waals surface area (Å²) >= 11 is 0. The molecule has 120 valence electrons. The molecule has 3 nitrogen and oxygen atoms in total. The summed E-state index contributed by atoms with van der Waals surface area (Å²) in [7, 11) is 2.23. The van der Waals surface area contributed by atoms with Crippen LogP contribution in [0.3, 0.4) is 0 Å². The molecule has 1 atom stereocenters. The van der Waals surface area contributed by atoms with Crippen LogP contribution in [0.4, 0.5) is 0 Å². The molecule has 1 saturated heterocycles. The van der Waals surface area contributed by atoms with Gasteiger partial charge in [-0.05, 0) is 44.7 Å². The van der Waals surface area contributed by atoms with Crippen molar-refractivity contribution in [2.75, 3.05) is 46.4 Å². The highest BCUT2D eigenvalue weighted by atomic mass is 16.5. The molecule has 0 aliphatic carbocycles. The van der Waals surface area contributed by atoms with E-state index in [4.69, 9.17) is 4.74 Å². The maximum atomic E-state index is 5.92. The van der Waals surface area contributed by atoms with Crippen LogP contribution >= 0.6 is 0 Å². The van der Waals surface area contributed by atoms with Crippen LogP contribution in [0.15, 0.2) is 0 Å². The van der Waals surface area contributed by atoms with Crippen molar-refractivity contribution in [2.24, 2.45) is 11.8 Å². The van der Waals surface area contributed by atoms with Crippen LogP contribution in [0.5, 0.6) is 0 Å². The number of nitrogens with zero attached hydrogens (tertiary/aromatic N) is 2. The minimum absolute atomic E-state index is 0.442. The Balaban J connectivity index is 2.16. The Labute approximate surface area is 126 Å². The van der Waals surface area contributed by atoms with E-state index in [2.05, 4.69) is 44.5 Å². The smallest absolute Gasteiger partial charge is 0.0714 e. The molecule has 0 saturated carbocycles. The van der Waals surface area contributed by atoms with Gasteiger partial charge in [0.15, 0.2) is 0 Å². The molecule has 1 aliphatic rings. The van der Waals surface area contributed by atoms with Crippen LogP contribution in [0, 0.1) is 11.8 Å². The summed E-state index contributed by atoms with van der Waals surface area (Å²) < 4.78 is 5.92. The van der Waals surface area contributed by atoms with E-state index in [-0.39, 0.29) is 0 Å². The summed E-state index contributed by atoms with van der Waals surface area (Å²) in [5.74, 6) is 1.58. The fourth-order valence-corrected chi connectivity index (χ4v) is 2.96. The lowest BCUT2D eigenvalue weighted by Crippen LogP contribution is -2.44. The van der Waals surface area contributed by atoms with Crippen LogP contribution in [-0.4, -0.2) is 62.3 Å². The first-order chi connectivity index (χ1) is 9.47. The summed E-state index contributed by atoms with van der Waals surface area (Å²) in [5, 5.41) is 0. The highest BCUT2D eigenvalue weighted by molar-refractivity contribution is 4.73. The minimum Gasteiger partial charge on any atom is -0.376 e. The van der Waals surface area contributed by atoms with E-state index in [1.807, 2.05) is 0 Å². The number of ether oxygens (including phenoxy) is 1. The van der Waals surface area contributed by atoms with E-state index < -0.39 is 0 Å². The van der Waals surface area contributed by atoms with Crippen LogP contribution in [0.2, 0.25) is 0 Å². The predicted molar refractivity (Wildman–Crippen MR) is 87.2 cm³/mol. The molecule has 0 bridgehead atoms.